The Labute approximate surface area is 126 Å². The minimum absolute atomic E-state index is 0.0134. The van der Waals surface area contributed by atoms with Crippen LogP contribution >= 0.6 is 0 Å². The summed E-state index contributed by atoms with van der Waals surface area (Å²) in [4.78, 5) is 15.1. The summed E-state index contributed by atoms with van der Waals surface area (Å²) in [6.07, 6.45) is 7.28. The Bertz CT molecular complexity index is 542. The van der Waals surface area contributed by atoms with Gasteiger partial charge in [0.2, 0.25) is 5.91 Å². The minimum atomic E-state index is -0.0134. The maximum atomic E-state index is 12.9. The van der Waals surface area contributed by atoms with E-state index in [2.05, 4.69) is 34.5 Å². The van der Waals surface area contributed by atoms with Gasteiger partial charge in [0.05, 0.1) is 6.04 Å². The number of carbonyl (C=O) groups is 1. The molecule has 0 aromatic heterocycles. The smallest absolute Gasteiger partial charge is 0.240 e. The number of hydrogen-bond acceptors (Lipinski definition) is 2. The molecule has 1 aliphatic carbocycles. The molecule has 4 rings (SSSR count). The van der Waals surface area contributed by atoms with Gasteiger partial charge in [-0.2, -0.15) is 0 Å². The molecule has 1 saturated carbocycles. The second-order valence-electron chi connectivity index (χ2n) is 6.84. The van der Waals surface area contributed by atoms with Gasteiger partial charge in [-0.15, -0.1) is 0 Å². The van der Waals surface area contributed by atoms with Crippen molar-refractivity contribution in [1.29, 1.82) is 0 Å². The number of rotatable bonds is 1. The van der Waals surface area contributed by atoms with Gasteiger partial charge in [-0.05, 0) is 42.7 Å². The first-order valence-corrected chi connectivity index (χ1v) is 8.43. The van der Waals surface area contributed by atoms with Crippen molar-refractivity contribution in [2.24, 2.45) is 5.92 Å². The Morgan fingerprint density at radius 3 is 2.81 bits per heavy atom. The summed E-state index contributed by atoms with van der Waals surface area (Å²) >= 11 is 0. The molecule has 21 heavy (non-hydrogen) atoms. The molecule has 1 aromatic rings. The average molecular weight is 284 g/mol. The van der Waals surface area contributed by atoms with Crippen molar-refractivity contribution in [3.8, 4) is 0 Å². The molecule has 2 heterocycles. The van der Waals surface area contributed by atoms with E-state index in [1.54, 1.807) is 0 Å². The van der Waals surface area contributed by atoms with Gasteiger partial charge >= 0.3 is 0 Å². The lowest BCUT2D eigenvalue weighted by atomic mass is 9.85. The second kappa shape index (κ2) is 5.45. The highest BCUT2D eigenvalue weighted by molar-refractivity contribution is 5.83. The molecule has 3 heteroatoms. The van der Waals surface area contributed by atoms with Crippen LogP contribution < -0.4 is 5.32 Å². The zero-order valence-corrected chi connectivity index (χ0v) is 12.6. The van der Waals surface area contributed by atoms with Gasteiger partial charge in [-0.1, -0.05) is 37.1 Å². The van der Waals surface area contributed by atoms with E-state index >= 15 is 0 Å². The number of fused-ring (bicyclic) bond motifs is 2. The van der Waals surface area contributed by atoms with Gasteiger partial charge in [0.15, 0.2) is 0 Å². The number of hydrogen-bond donors (Lipinski definition) is 1. The maximum Gasteiger partial charge on any atom is 0.240 e. The fraction of sp³-hybridized carbons (Fsp3) is 0.611. The van der Waals surface area contributed by atoms with Crippen LogP contribution in [0.25, 0.3) is 0 Å². The highest BCUT2D eigenvalue weighted by Gasteiger charge is 2.40. The van der Waals surface area contributed by atoms with Crippen LogP contribution in [0, 0.1) is 5.92 Å². The Morgan fingerprint density at radius 1 is 1.10 bits per heavy atom. The molecule has 3 aliphatic rings. The molecule has 2 aliphatic heterocycles. The third kappa shape index (κ3) is 2.38. The van der Waals surface area contributed by atoms with E-state index in [1.807, 2.05) is 0 Å². The van der Waals surface area contributed by atoms with Gasteiger partial charge in [0.25, 0.3) is 0 Å². The number of benzene rings is 1. The third-order valence-electron chi connectivity index (χ3n) is 5.67. The number of nitrogens with zero attached hydrogens (tertiary/aromatic N) is 1. The van der Waals surface area contributed by atoms with Gasteiger partial charge in [-0.3, -0.25) is 4.79 Å². The van der Waals surface area contributed by atoms with Gasteiger partial charge in [0, 0.05) is 19.1 Å². The van der Waals surface area contributed by atoms with Gasteiger partial charge in [0.1, 0.15) is 0 Å². The van der Waals surface area contributed by atoms with E-state index < -0.39 is 0 Å². The van der Waals surface area contributed by atoms with Crippen LogP contribution in [-0.2, 0) is 17.8 Å². The lowest BCUT2D eigenvalue weighted by molar-refractivity contribution is -0.135. The van der Waals surface area contributed by atoms with Crippen LogP contribution in [-0.4, -0.2) is 29.4 Å². The fourth-order valence-electron chi connectivity index (χ4n) is 4.51. The van der Waals surface area contributed by atoms with Crippen molar-refractivity contribution in [1.82, 2.24) is 10.2 Å². The Balaban J connectivity index is 1.49. The molecule has 1 saturated heterocycles. The van der Waals surface area contributed by atoms with Crippen LogP contribution in [0.2, 0.25) is 0 Å². The summed E-state index contributed by atoms with van der Waals surface area (Å²) in [5.41, 5.74) is 2.69. The van der Waals surface area contributed by atoms with E-state index in [9.17, 15) is 4.79 Å². The molecule has 112 valence electrons. The van der Waals surface area contributed by atoms with E-state index in [0.29, 0.717) is 11.9 Å². The molecular formula is C18H24N2O. The highest BCUT2D eigenvalue weighted by Crippen LogP contribution is 2.36. The van der Waals surface area contributed by atoms with Crippen LogP contribution in [0.3, 0.4) is 0 Å². The predicted molar refractivity (Wildman–Crippen MR) is 82.8 cm³/mol. The Hall–Kier alpha value is -1.35. The van der Waals surface area contributed by atoms with Crippen LogP contribution in [0.5, 0.6) is 0 Å². The van der Waals surface area contributed by atoms with Crippen LogP contribution in [0.4, 0.5) is 0 Å². The summed E-state index contributed by atoms with van der Waals surface area (Å²) < 4.78 is 0. The van der Waals surface area contributed by atoms with Crippen molar-refractivity contribution in [3.05, 3.63) is 35.4 Å². The molecule has 3 nitrogen and oxygen atoms in total. The molecule has 1 N–H and O–H groups in total. The largest absolute Gasteiger partial charge is 0.338 e. The molecule has 2 unspecified atom stereocenters. The van der Waals surface area contributed by atoms with E-state index in [4.69, 9.17) is 0 Å². The lowest BCUT2D eigenvalue weighted by Crippen LogP contribution is -2.51. The van der Waals surface area contributed by atoms with Gasteiger partial charge in [-0.25, -0.2) is 0 Å². The molecule has 0 bridgehead atoms. The second-order valence-corrected chi connectivity index (χ2v) is 6.84. The zero-order valence-electron chi connectivity index (χ0n) is 12.6. The standard InChI is InChI=1S/C18H24N2O/c21-18(20-10-9-13-5-3-4-8-17(13)20)16-11-14-6-1-2-7-15(14)12-19-16/h1-2,6-7,13,16-17,19H,3-5,8-12H2/t13?,16-,17?/m0/s1. The van der Waals surface area contributed by atoms with Gasteiger partial charge < -0.3 is 10.2 Å². The predicted octanol–water partition coefficient (Wildman–Crippen LogP) is 2.49. The molecule has 1 amide bonds. The fourth-order valence-corrected chi connectivity index (χ4v) is 4.51. The van der Waals surface area contributed by atoms with Crippen molar-refractivity contribution >= 4 is 5.91 Å². The number of nitrogens with one attached hydrogen (secondary N) is 1. The lowest BCUT2D eigenvalue weighted by Gasteiger charge is -2.35. The van der Waals surface area contributed by atoms with Crippen molar-refractivity contribution in [3.63, 3.8) is 0 Å². The summed E-state index contributed by atoms with van der Waals surface area (Å²) in [7, 11) is 0. The molecule has 1 aromatic carbocycles. The molecule has 0 spiro atoms. The summed E-state index contributed by atoms with van der Waals surface area (Å²) in [6.45, 7) is 1.81. The minimum Gasteiger partial charge on any atom is -0.338 e. The average Bonchev–Trinajstić information content (AvgIpc) is 2.98. The van der Waals surface area contributed by atoms with Crippen molar-refractivity contribution < 1.29 is 4.79 Å². The summed E-state index contributed by atoms with van der Waals surface area (Å²) in [6, 6.07) is 9.01. The molecule has 3 atom stereocenters. The first kappa shape index (κ1) is 13.3. The normalized spacial score (nSPS) is 31.6. The number of likely N-dealkylation sites (tertiary alicyclic amines) is 1. The van der Waals surface area contributed by atoms with Crippen LogP contribution in [0.1, 0.15) is 43.2 Å². The van der Waals surface area contributed by atoms with Crippen LogP contribution in [0.15, 0.2) is 24.3 Å². The quantitative estimate of drug-likeness (QED) is 0.859. The highest BCUT2D eigenvalue weighted by atomic mass is 16.2. The monoisotopic (exact) mass is 284 g/mol. The molecule has 0 radical (unpaired) electrons. The molecular weight excluding hydrogens is 260 g/mol. The summed E-state index contributed by atoms with van der Waals surface area (Å²) in [5.74, 6) is 1.12. The zero-order chi connectivity index (χ0) is 14.2. The first-order valence-electron chi connectivity index (χ1n) is 8.43. The molecule has 2 fully saturated rings. The van der Waals surface area contributed by atoms with Crippen molar-refractivity contribution in [2.45, 2.75) is 57.2 Å². The Kier molecular flexibility index (Phi) is 3.46. The van der Waals surface area contributed by atoms with E-state index in [-0.39, 0.29) is 6.04 Å². The number of carbonyl (C=O) groups excluding carboxylic acids is 1. The topological polar surface area (TPSA) is 32.3 Å². The van der Waals surface area contributed by atoms with Crippen molar-refractivity contribution in [2.75, 3.05) is 6.54 Å². The number of amides is 1. The SMILES string of the molecule is O=C([C@@H]1Cc2ccccc2CN1)N1CCC2CCCCC21. The van der Waals surface area contributed by atoms with E-state index in [0.717, 1.165) is 25.4 Å². The first-order chi connectivity index (χ1) is 10.3. The summed E-state index contributed by atoms with van der Waals surface area (Å²) in [5, 5.41) is 3.46. The van der Waals surface area contributed by atoms with E-state index in [1.165, 1.54) is 43.2 Å². The third-order valence-corrected chi connectivity index (χ3v) is 5.67. The Morgan fingerprint density at radius 2 is 1.90 bits per heavy atom. The maximum absolute atomic E-state index is 12.9.